The van der Waals surface area contributed by atoms with Gasteiger partial charge in [-0.25, -0.2) is 4.98 Å². The lowest BCUT2D eigenvalue weighted by molar-refractivity contribution is -0.141. The van der Waals surface area contributed by atoms with E-state index in [4.69, 9.17) is 32.8 Å². The highest BCUT2D eigenvalue weighted by atomic mass is 16.5. The van der Waals surface area contributed by atoms with E-state index in [1.165, 1.54) is 38.2 Å². The number of anilines is 2. The molecule has 0 amide bonds. The second-order valence-electron chi connectivity index (χ2n) is 10.4. The fraction of sp³-hybridized carbons (Fsp3) is 0.324. The van der Waals surface area contributed by atoms with Crippen molar-refractivity contribution in [2.75, 3.05) is 77.6 Å². The summed E-state index contributed by atoms with van der Waals surface area (Å²) >= 11 is 0. The van der Waals surface area contributed by atoms with Crippen molar-refractivity contribution in [1.29, 1.82) is 0 Å². The third kappa shape index (κ3) is 9.15. The van der Waals surface area contributed by atoms with Crippen LogP contribution in [0.15, 0.2) is 65.1 Å². The molecule has 0 unspecified atom stereocenters. The summed E-state index contributed by atoms with van der Waals surface area (Å²) in [5.41, 5.74) is 3.33. The van der Waals surface area contributed by atoms with Crippen LogP contribution in [0.25, 0.3) is 22.6 Å². The molecule has 254 valence electrons. The number of aromatic nitrogens is 1. The topological polar surface area (TPSA) is 156 Å². The minimum absolute atomic E-state index is 0.00751. The largest absolute Gasteiger partial charge is 0.488 e. The van der Waals surface area contributed by atoms with Crippen molar-refractivity contribution in [3.05, 3.63) is 66.2 Å². The molecule has 1 aromatic heterocycles. The average molecular weight is 664 g/mol. The van der Waals surface area contributed by atoms with Crippen LogP contribution in [-0.2, 0) is 38.1 Å². The molecule has 14 nitrogen and oxygen atoms in total. The maximum atomic E-state index is 12.4. The van der Waals surface area contributed by atoms with Gasteiger partial charge in [-0.05, 0) is 36.8 Å². The number of fused-ring (bicyclic) bond motifs is 1. The number of nitrogens with zero attached hydrogens (tertiary/aromatic N) is 3. The molecule has 3 aromatic carbocycles. The first-order valence-electron chi connectivity index (χ1n) is 14.8. The van der Waals surface area contributed by atoms with Crippen molar-refractivity contribution in [2.45, 2.75) is 6.92 Å². The molecule has 0 fully saturated rings. The molecule has 48 heavy (non-hydrogen) atoms. The maximum absolute atomic E-state index is 12.4. The Labute approximate surface area is 277 Å². The lowest BCUT2D eigenvalue weighted by Crippen LogP contribution is -2.36. The van der Waals surface area contributed by atoms with Gasteiger partial charge < -0.3 is 42.6 Å². The first-order chi connectivity index (χ1) is 23.1. The van der Waals surface area contributed by atoms with E-state index >= 15 is 0 Å². The van der Waals surface area contributed by atoms with Gasteiger partial charge in [0.15, 0.2) is 5.58 Å². The normalized spacial score (nSPS) is 10.6. The Morgan fingerprint density at radius 3 is 1.67 bits per heavy atom. The summed E-state index contributed by atoms with van der Waals surface area (Å²) < 4.78 is 37.7. The fourth-order valence-corrected chi connectivity index (χ4v) is 4.65. The number of hydrogen-bond donors (Lipinski definition) is 0. The number of benzene rings is 3. The van der Waals surface area contributed by atoms with Crippen LogP contribution in [0.4, 0.5) is 11.4 Å². The van der Waals surface area contributed by atoms with E-state index in [1.807, 2.05) is 43.3 Å². The molecule has 0 atom stereocenters. The van der Waals surface area contributed by atoms with Gasteiger partial charge in [0.05, 0.1) is 39.8 Å². The van der Waals surface area contributed by atoms with Gasteiger partial charge in [0, 0.05) is 17.7 Å². The van der Waals surface area contributed by atoms with Gasteiger partial charge in [0.25, 0.3) is 0 Å². The highest BCUT2D eigenvalue weighted by Crippen LogP contribution is 2.36. The van der Waals surface area contributed by atoms with Crippen LogP contribution < -0.4 is 19.3 Å². The van der Waals surface area contributed by atoms with Crippen LogP contribution >= 0.6 is 0 Å². The quantitative estimate of drug-likeness (QED) is 0.0974. The van der Waals surface area contributed by atoms with Gasteiger partial charge in [-0.3, -0.25) is 19.2 Å². The molecule has 0 aliphatic carbocycles. The van der Waals surface area contributed by atoms with Gasteiger partial charge >= 0.3 is 23.9 Å². The molecule has 4 rings (SSSR count). The minimum Gasteiger partial charge on any atom is -0.488 e. The van der Waals surface area contributed by atoms with Gasteiger partial charge in [-0.2, -0.15) is 0 Å². The molecule has 14 heteroatoms. The Balaban J connectivity index is 1.63. The summed E-state index contributed by atoms with van der Waals surface area (Å²) in [7, 11) is 5.01. The van der Waals surface area contributed by atoms with Gasteiger partial charge in [0.1, 0.15) is 56.4 Å². The number of hydrogen-bond acceptors (Lipinski definition) is 14. The zero-order valence-corrected chi connectivity index (χ0v) is 27.3. The Hall–Kier alpha value is -5.79. The average Bonchev–Trinajstić information content (AvgIpc) is 3.52. The first-order valence-corrected chi connectivity index (χ1v) is 14.8. The molecule has 0 radical (unpaired) electrons. The number of carbonyl (C=O) groups excluding carboxylic acids is 4. The van der Waals surface area contributed by atoms with Crippen molar-refractivity contribution in [2.24, 2.45) is 0 Å². The third-order valence-corrected chi connectivity index (χ3v) is 7.08. The Kier molecular flexibility index (Phi) is 12.2. The first kappa shape index (κ1) is 35.1. The van der Waals surface area contributed by atoms with Crippen molar-refractivity contribution < 1.29 is 52.0 Å². The number of methoxy groups -OCH3 is 4. The lowest BCUT2D eigenvalue weighted by Gasteiger charge is -2.26. The maximum Gasteiger partial charge on any atom is 0.325 e. The molecule has 0 aliphatic rings. The zero-order valence-electron chi connectivity index (χ0n) is 27.3. The summed E-state index contributed by atoms with van der Waals surface area (Å²) in [5, 5.41) is 0. The zero-order chi connectivity index (χ0) is 34.6. The van der Waals surface area contributed by atoms with Crippen molar-refractivity contribution in [1.82, 2.24) is 4.98 Å². The molecule has 0 saturated carbocycles. The van der Waals surface area contributed by atoms with Crippen LogP contribution in [-0.4, -0.2) is 96.7 Å². The molecule has 4 aromatic rings. The second-order valence-corrected chi connectivity index (χ2v) is 10.4. The van der Waals surface area contributed by atoms with Crippen LogP contribution in [0.3, 0.4) is 0 Å². The molecule has 0 saturated heterocycles. The number of rotatable bonds is 16. The number of ether oxygens (including phenoxy) is 6. The third-order valence-electron chi connectivity index (χ3n) is 7.08. The van der Waals surface area contributed by atoms with E-state index < -0.39 is 23.9 Å². The molecule has 0 bridgehead atoms. The molecule has 0 aliphatic heterocycles. The molecular weight excluding hydrogens is 626 g/mol. The van der Waals surface area contributed by atoms with Crippen molar-refractivity contribution in [3.8, 4) is 23.0 Å². The summed E-state index contributed by atoms with van der Waals surface area (Å²) in [6.45, 7) is 0.902. The smallest absolute Gasteiger partial charge is 0.325 e. The summed E-state index contributed by atoms with van der Waals surface area (Å²) in [6.07, 6.45) is 0. The van der Waals surface area contributed by atoms with Gasteiger partial charge in [-0.15, -0.1) is 0 Å². The van der Waals surface area contributed by atoms with E-state index in [2.05, 4.69) is 4.98 Å². The molecule has 1 heterocycles. The Morgan fingerprint density at radius 1 is 0.646 bits per heavy atom. The van der Waals surface area contributed by atoms with Crippen LogP contribution in [0.1, 0.15) is 5.56 Å². The number of carbonyl (C=O) groups is 4. The van der Waals surface area contributed by atoms with E-state index in [-0.39, 0.29) is 45.1 Å². The summed E-state index contributed by atoms with van der Waals surface area (Å²) in [4.78, 5) is 56.6. The molecular formula is C34H37N3O11. The van der Waals surface area contributed by atoms with Gasteiger partial charge in [-0.1, -0.05) is 24.3 Å². The van der Waals surface area contributed by atoms with E-state index in [1.54, 1.807) is 24.3 Å². The van der Waals surface area contributed by atoms with Crippen LogP contribution in [0.2, 0.25) is 0 Å². The van der Waals surface area contributed by atoms with E-state index in [0.29, 0.717) is 34.1 Å². The highest BCUT2D eigenvalue weighted by molar-refractivity contribution is 5.88. The van der Waals surface area contributed by atoms with Crippen molar-refractivity contribution >= 4 is 46.4 Å². The fourth-order valence-electron chi connectivity index (χ4n) is 4.65. The minimum atomic E-state index is -0.591. The summed E-state index contributed by atoms with van der Waals surface area (Å²) in [6, 6.07) is 17.9. The Morgan fingerprint density at radius 2 is 1.15 bits per heavy atom. The van der Waals surface area contributed by atoms with Crippen LogP contribution in [0, 0.1) is 6.92 Å². The highest BCUT2D eigenvalue weighted by Gasteiger charge is 2.24. The van der Waals surface area contributed by atoms with Crippen LogP contribution in [0.5, 0.6) is 11.5 Å². The number of oxazole rings is 1. The predicted octanol–water partition coefficient (Wildman–Crippen LogP) is 3.57. The molecule has 0 N–H and O–H groups in total. The van der Waals surface area contributed by atoms with E-state index in [9.17, 15) is 19.2 Å². The van der Waals surface area contributed by atoms with Crippen molar-refractivity contribution in [3.63, 3.8) is 0 Å². The van der Waals surface area contributed by atoms with Gasteiger partial charge in [0.2, 0.25) is 5.89 Å². The number of esters is 4. The van der Waals surface area contributed by atoms with E-state index in [0.717, 1.165) is 11.1 Å². The lowest BCUT2D eigenvalue weighted by atomic mass is 10.2. The predicted molar refractivity (Wildman–Crippen MR) is 174 cm³/mol. The summed E-state index contributed by atoms with van der Waals surface area (Å²) in [5.74, 6) is -1.23. The Bertz CT molecular complexity index is 1700. The monoisotopic (exact) mass is 663 g/mol. The SMILES string of the molecule is COC(=O)CN(CC(=O)OC)c1ccc(C)cc1OCCOc1cc2nc(-c3ccccc3)oc2cc1N(CC(=O)OC)CC(=O)OC. The number of aryl methyl sites for hydroxylation is 1. The standard InChI is InChI=1S/C34H37N3O11/c1-22-11-12-25(36(18-30(38)42-2)19-31(39)43-3)28(15-22)46-13-14-47-29-16-24-27(48-34(35-24)23-9-7-6-8-10-23)17-26(29)37(20-32(40)44-4)21-33(41)45-5/h6-12,15-17H,13-14,18-21H2,1-5H3. The molecule has 0 spiro atoms. The second kappa shape index (κ2) is 16.7.